The molecule has 5 rings (SSSR count). The Labute approximate surface area is 303 Å². The van der Waals surface area contributed by atoms with Crippen molar-refractivity contribution in [3.05, 3.63) is 106 Å². The van der Waals surface area contributed by atoms with Gasteiger partial charge in [0.25, 0.3) is 0 Å². The van der Waals surface area contributed by atoms with E-state index in [2.05, 4.69) is 21.3 Å². The normalized spacial score (nSPS) is 13.4. The summed E-state index contributed by atoms with van der Waals surface area (Å²) in [5.41, 5.74) is 2.99. The van der Waals surface area contributed by atoms with Crippen LogP contribution in [0.5, 0.6) is 17.2 Å². The number of phenols is 2. The molecular weight excluding hydrogens is 692 g/mol. The molecule has 3 aromatic rings. The van der Waals surface area contributed by atoms with Crippen LogP contribution < -0.4 is 26.0 Å². The summed E-state index contributed by atoms with van der Waals surface area (Å²) < 4.78 is 6.02. The smallest absolute Gasteiger partial charge is 0.336 e. The largest absolute Gasteiger partial charge is 0.508 e. The number of ether oxygens (including phenoxy) is 1. The highest BCUT2D eigenvalue weighted by atomic mass is 32.1. The minimum atomic E-state index is -1.90. The Morgan fingerprint density at radius 1 is 0.827 bits per heavy atom. The standard InChI is InChI=1S/C37H36N4O10S/c42-21-9-12-24(29(44)19-30(45)35(48)49)28(17-21)41-36(50)38-14-4-1-5-15-39-37(52)40-20-8-11-23(27(16-20)34(46)47)33-25-6-2-3-7-31(25)51-32-18-22(43)10-13-26(32)33/h2,6-13,16-18,30,42-43,45H,1,3-5,14-15,19H2,(H,46,47)(H,48,49)(H2,38,41,50)(H2,39,40,52)/t30-/m0/s1. The molecule has 0 saturated heterocycles. The first-order valence-corrected chi connectivity index (χ1v) is 16.7. The van der Waals surface area contributed by atoms with Crippen LogP contribution in [0.25, 0.3) is 5.57 Å². The predicted molar refractivity (Wildman–Crippen MR) is 196 cm³/mol. The van der Waals surface area contributed by atoms with Crippen LogP contribution in [0.15, 0.2) is 84.2 Å². The molecule has 15 heteroatoms. The molecule has 0 spiro atoms. The number of amides is 2. The van der Waals surface area contributed by atoms with Gasteiger partial charge in [-0.25, -0.2) is 14.4 Å². The lowest BCUT2D eigenvalue weighted by atomic mass is 9.85. The van der Waals surface area contributed by atoms with Gasteiger partial charge in [0.05, 0.1) is 11.3 Å². The van der Waals surface area contributed by atoms with Crippen molar-refractivity contribution >= 4 is 58.0 Å². The molecule has 0 saturated carbocycles. The van der Waals surface area contributed by atoms with Crippen LogP contribution in [0.3, 0.4) is 0 Å². The first kappa shape index (κ1) is 37.1. The van der Waals surface area contributed by atoms with Crippen molar-refractivity contribution in [3.8, 4) is 17.2 Å². The topological polar surface area (TPSA) is 227 Å². The first-order valence-electron chi connectivity index (χ1n) is 16.3. The molecule has 1 aliphatic heterocycles. The number of aliphatic carboxylic acids is 1. The molecule has 270 valence electrons. The maximum atomic E-state index is 12.5. The minimum Gasteiger partial charge on any atom is -0.508 e. The number of carbonyl (C=O) groups excluding carboxylic acids is 2. The number of anilines is 2. The lowest BCUT2D eigenvalue weighted by molar-refractivity contribution is -0.146. The van der Waals surface area contributed by atoms with Crippen LogP contribution in [0, 0.1) is 0 Å². The summed E-state index contributed by atoms with van der Waals surface area (Å²) in [4.78, 5) is 48.3. The zero-order valence-corrected chi connectivity index (χ0v) is 28.5. The number of allylic oxidation sites excluding steroid dienone is 3. The summed E-state index contributed by atoms with van der Waals surface area (Å²) in [6.45, 7) is 0.793. The number of thiocarbonyl (C=S) groups is 1. The Morgan fingerprint density at radius 3 is 2.29 bits per heavy atom. The number of aliphatic hydroxyl groups excluding tert-OH is 1. The Hall–Kier alpha value is -6.19. The molecule has 0 radical (unpaired) electrons. The van der Waals surface area contributed by atoms with E-state index >= 15 is 0 Å². The quantitative estimate of drug-likeness (QED) is 0.0597. The maximum absolute atomic E-state index is 12.5. The lowest BCUT2D eigenvalue weighted by Crippen LogP contribution is -2.31. The van der Waals surface area contributed by atoms with Crippen LogP contribution in [0.2, 0.25) is 0 Å². The first-order chi connectivity index (χ1) is 24.9. The van der Waals surface area contributed by atoms with Crippen LogP contribution >= 0.6 is 12.2 Å². The second-order valence-corrected chi connectivity index (χ2v) is 12.3. The van der Waals surface area contributed by atoms with Crippen LogP contribution in [-0.2, 0) is 4.79 Å². The van der Waals surface area contributed by atoms with Crippen LogP contribution in [0.1, 0.15) is 63.9 Å². The SMILES string of the molecule is O=C(NCCCCCNC(=S)Nc1ccc(C2=C3C=CCC=C3Oc3cc(O)ccc32)c(C(=O)O)c1)Nc1cc(O)ccc1C(=O)C[C@H](O)C(=O)O. The number of aliphatic hydroxyl groups is 1. The number of hydrogen-bond acceptors (Lipinski definition) is 9. The number of rotatable bonds is 14. The number of urea groups is 1. The van der Waals surface area contributed by atoms with Gasteiger partial charge in [-0.3, -0.25) is 4.79 Å². The van der Waals surface area contributed by atoms with Gasteiger partial charge >= 0.3 is 18.0 Å². The van der Waals surface area contributed by atoms with Gasteiger partial charge in [-0.05, 0) is 85.9 Å². The maximum Gasteiger partial charge on any atom is 0.336 e. The number of hydrogen-bond donors (Lipinski definition) is 9. The molecule has 9 N–H and O–H groups in total. The molecule has 1 atom stereocenters. The number of aromatic carboxylic acids is 1. The number of phenolic OH excluding ortho intramolecular Hbond substituents is 2. The van der Waals surface area contributed by atoms with E-state index in [0.717, 1.165) is 11.6 Å². The number of fused-ring (bicyclic) bond motifs is 2. The molecule has 2 aliphatic rings. The Bertz CT molecular complexity index is 2020. The van der Waals surface area contributed by atoms with Crippen LogP contribution in [-0.4, -0.2) is 73.6 Å². The van der Waals surface area contributed by atoms with Gasteiger partial charge in [0.1, 0.15) is 23.0 Å². The number of unbranched alkanes of at least 4 members (excludes halogenated alkanes) is 2. The number of nitrogens with one attached hydrogen (secondary N) is 4. The predicted octanol–water partition coefficient (Wildman–Crippen LogP) is 5.13. The van der Waals surface area contributed by atoms with Gasteiger partial charge in [-0.2, -0.15) is 0 Å². The van der Waals surface area contributed by atoms with Crippen molar-refractivity contribution in [1.29, 1.82) is 0 Å². The van der Waals surface area contributed by atoms with Crippen molar-refractivity contribution in [2.24, 2.45) is 0 Å². The zero-order chi connectivity index (χ0) is 37.4. The molecule has 0 bridgehead atoms. The molecule has 1 heterocycles. The number of ketones is 1. The van der Waals surface area contributed by atoms with Gasteiger partial charge in [-0.1, -0.05) is 18.2 Å². The van der Waals surface area contributed by atoms with Gasteiger partial charge in [-0.15, -0.1) is 0 Å². The van der Waals surface area contributed by atoms with E-state index in [1.165, 1.54) is 30.3 Å². The summed E-state index contributed by atoms with van der Waals surface area (Å²) in [5.74, 6) is -2.58. The summed E-state index contributed by atoms with van der Waals surface area (Å²) in [5, 5.41) is 59.9. The average molecular weight is 729 g/mol. The van der Waals surface area contributed by atoms with E-state index in [9.17, 15) is 39.6 Å². The highest BCUT2D eigenvalue weighted by molar-refractivity contribution is 7.80. The van der Waals surface area contributed by atoms with Crippen LogP contribution in [0.4, 0.5) is 16.2 Å². The van der Waals surface area contributed by atoms with E-state index in [4.69, 9.17) is 22.1 Å². The third-order valence-electron chi connectivity index (χ3n) is 8.13. The number of carbonyl (C=O) groups is 4. The minimum absolute atomic E-state index is 0.0309. The van der Waals surface area contributed by atoms with Crippen molar-refractivity contribution < 1.29 is 49.4 Å². The fourth-order valence-corrected chi connectivity index (χ4v) is 5.87. The van der Waals surface area contributed by atoms with E-state index in [-0.39, 0.29) is 28.3 Å². The number of aromatic hydroxyl groups is 2. The van der Waals surface area contributed by atoms with Crippen molar-refractivity contribution in [1.82, 2.24) is 10.6 Å². The molecular formula is C37H36N4O10S. The third kappa shape index (κ3) is 9.12. The summed E-state index contributed by atoms with van der Waals surface area (Å²) in [6, 6.07) is 12.6. The molecule has 0 fully saturated rings. The van der Waals surface area contributed by atoms with E-state index < -0.39 is 36.3 Å². The fourth-order valence-electron chi connectivity index (χ4n) is 5.65. The summed E-state index contributed by atoms with van der Waals surface area (Å²) in [7, 11) is 0. The lowest BCUT2D eigenvalue weighted by Gasteiger charge is -2.27. The molecule has 52 heavy (non-hydrogen) atoms. The fraction of sp³-hybridized carbons (Fsp3) is 0.216. The summed E-state index contributed by atoms with van der Waals surface area (Å²) in [6.07, 6.45) is 5.83. The molecule has 0 unspecified atom stereocenters. The van der Waals surface area contributed by atoms with Gasteiger partial charge in [0.2, 0.25) is 0 Å². The van der Waals surface area contributed by atoms with Crippen molar-refractivity contribution in [3.63, 3.8) is 0 Å². The molecule has 1 aliphatic carbocycles. The molecule has 3 aromatic carbocycles. The van der Waals surface area contributed by atoms with Gasteiger partial charge in [0, 0.05) is 59.6 Å². The second kappa shape index (κ2) is 16.7. The zero-order valence-electron chi connectivity index (χ0n) is 27.6. The summed E-state index contributed by atoms with van der Waals surface area (Å²) >= 11 is 5.43. The second-order valence-electron chi connectivity index (χ2n) is 11.9. The van der Waals surface area contributed by atoms with Gasteiger partial charge < -0.3 is 51.5 Å². The molecule has 0 aromatic heterocycles. The van der Waals surface area contributed by atoms with Crippen molar-refractivity contribution in [2.45, 2.75) is 38.2 Å². The Balaban J connectivity index is 1.10. The average Bonchev–Trinajstić information content (AvgIpc) is 3.10. The number of Topliss-reactive ketones (excluding diaryl/α,β-unsaturated/α-hetero) is 1. The number of carboxylic acid groups (broad SMARTS) is 2. The van der Waals surface area contributed by atoms with E-state index in [1.54, 1.807) is 18.2 Å². The number of carboxylic acids is 2. The highest BCUT2D eigenvalue weighted by Crippen LogP contribution is 2.45. The van der Waals surface area contributed by atoms with Crippen molar-refractivity contribution in [2.75, 3.05) is 23.7 Å². The van der Waals surface area contributed by atoms with E-state index in [0.29, 0.717) is 77.8 Å². The monoisotopic (exact) mass is 728 g/mol. The van der Waals surface area contributed by atoms with E-state index in [1.807, 2.05) is 18.2 Å². The molecule has 2 amide bonds. The Kier molecular flexibility index (Phi) is 11.9. The third-order valence-corrected chi connectivity index (χ3v) is 8.38. The molecule has 14 nitrogen and oxygen atoms in total. The highest BCUT2D eigenvalue weighted by Gasteiger charge is 2.28. The van der Waals surface area contributed by atoms with Gasteiger partial charge in [0.15, 0.2) is 17.0 Å². The Morgan fingerprint density at radius 2 is 1.54 bits per heavy atom. The number of benzene rings is 3.